The minimum absolute atomic E-state index is 0.0411. The van der Waals surface area contributed by atoms with Gasteiger partial charge >= 0.3 is 6.18 Å². The van der Waals surface area contributed by atoms with Crippen LogP contribution in [0.3, 0.4) is 0 Å². The van der Waals surface area contributed by atoms with Gasteiger partial charge in [-0.1, -0.05) is 6.07 Å². The Morgan fingerprint density at radius 1 is 1.39 bits per heavy atom. The maximum Gasteiger partial charge on any atom is 0.416 e. The standard InChI is InChI=1S/C12H17F3N2O/c1-7(17-2)5-11(18)9-4-3-8(6-10(9)16)12(13,14)15/h3-4,6-7,11,17-18H,5,16H2,1-2H3. The lowest BCUT2D eigenvalue weighted by atomic mass is 9.99. The summed E-state index contributed by atoms with van der Waals surface area (Å²) in [5.41, 5.74) is 5.03. The molecule has 6 heteroatoms. The topological polar surface area (TPSA) is 58.3 Å². The third-order valence-electron chi connectivity index (χ3n) is 2.84. The third kappa shape index (κ3) is 3.61. The average molecular weight is 262 g/mol. The molecule has 0 saturated heterocycles. The zero-order valence-electron chi connectivity index (χ0n) is 10.3. The molecule has 0 bridgehead atoms. The highest BCUT2D eigenvalue weighted by atomic mass is 19.4. The van der Waals surface area contributed by atoms with Crippen LogP contribution < -0.4 is 11.1 Å². The van der Waals surface area contributed by atoms with Crippen molar-refractivity contribution in [3.63, 3.8) is 0 Å². The van der Waals surface area contributed by atoms with Crippen LogP contribution in [0.5, 0.6) is 0 Å². The lowest BCUT2D eigenvalue weighted by Crippen LogP contribution is -2.24. The van der Waals surface area contributed by atoms with E-state index in [0.29, 0.717) is 12.0 Å². The number of benzene rings is 1. The molecule has 3 nitrogen and oxygen atoms in total. The zero-order valence-corrected chi connectivity index (χ0v) is 10.3. The van der Waals surface area contributed by atoms with Crippen molar-refractivity contribution < 1.29 is 18.3 Å². The molecule has 0 spiro atoms. The van der Waals surface area contributed by atoms with Crippen LogP contribution in [0, 0.1) is 0 Å². The van der Waals surface area contributed by atoms with Gasteiger partial charge in [-0.25, -0.2) is 0 Å². The van der Waals surface area contributed by atoms with Crippen LogP contribution >= 0.6 is 0 Å². The third-order valence-corrected chi connectivity index (χ3v) is 2.84. The fourth-order valence-corrected chi connectivity index (χ4v) is 1.63. The summed E-state index contributed by atoms with van der Waals surface area (Å²) in [6, 6.07) is 3.05. The molecule has 0 heterocycles. The van der Waals surface area contributed by atoms with E-state index in [4.69, 9.17) is 5.73 Å². The second-order valence-electron chi connectivity index (χ2n) is 4.28. The second kappa shape index (κ2) is 5.58. The zero-order chi connectivity index (χ0) is 13.9. The van der Waals surface area contributed by atoms with Gasteiger partial charge in [-0.05, 0) is 32.5 Å². The van der Waals surface area contributed by atoms with E-state index >= 15 is 0 Å². The van der Waals surface area contributed by atoms with Gasteiger partial charge in [0.25, 0.3) is 0 Å². The minimum atomic E-state index is -4.42. The number of nitrogen functional groups attached to an aromatic ring is 1. The van der Waals surface area contributed by atoms with Crippen LogP contribution in [0.1, 0.15) is 30.6 Å². The Labute approximate surface area is 104 Å². The fourth-order valence-electron chi connectivity index (χ4n) is 1.63. The van der Waals surface area contributed by atoms with Gasteiger partial charge in [-0.2, -0.15) is 13.2 Å². The number of hydrogen-bond acceptors (Lipinski definition) is 3. The summed E-state index contributed by atoms with van der Waals surface area (Å²) >= 11 is 0. The normalized spacial score (nSPS) is 15.4. The van der Waals surface area contributed by atoms with Crippen molar-refractivity contribution in [1.82, 2.24) is 5.32 Å². The molecule has 2 atom stereocenters. The average Bonchev–Trinajstić information content (AvgIpc) is 2.27. The van der Waals surface area contributed by atoms with Gasteiger partial charge in [0.15, 0.2) is 0 Å². The Kier molecular flexibility index (Phi) is 4.59. The number of rotatable bonds is 4. The number of aliphatic hydroxyl groups excluding tert-OH is 1. The Hall–Kier alpha value is -1.27. The maximum atomic E-state index is 12.4. The number of aliphatic hydroxyl groups is 1. The summed E-state index contributed by atoms with van der Waals surface area (Å²) < 4.78 is 37.3. The highest BCUT2D eigenvalue weighted by Gasteiger charge is 2.31. The fraction of sp³-hybridized carbons (Fsp3) is 0.500. The highest BCUT2D eigenvalue weighted by Crippen LogP contribution is 2.33. The molecule has 102 valence electrons. The summed E-state index contributed by atoms with van der Waals surface area (Å²) in [5, 5.41) is 12.8. The molecule has 0 aliphatic rings. The molecule has 0 amide bonds. The van der Waals surface area contributed by atoms with E-state index in [-0.39, 0.29) is 11.7 Å². The number of nitrogens with two attached hydrogens (primary N) is 1. The molecule has 0 aromatic heterocycles. The Morgan fingerprint density at radius 2 is 2.00 bits per heavy atom. The Balaban J connectivity index is 2.92. The van der Waals surface area contributed by atoms with Crippen molar-refractivity contribution in [2.24, 2.45) is 0 Å². The lowest BCUT2D eigenvalue weighted by molar-refractivity contribution is -0.137. The van der Waals surface area contributed by atoms with E-state index in [1.165, 1.54) is 6.07 Å². The Morgan fingerprint density at radius 3 is 2.44 bits per heavy atom. The number of hydrogen-bond donors (Lipinski definition) is 3. The molecule has 0 aliphatic heterocycles. The summed E-state index contributed by atoms with van der Waals surface area (Å²) in [4.78, 5) is 0. The number of halogens is 3. The largest absolute Gasteiger partial charge is 0.416 e. The molecule has 18 heavy (non-hydrogen) atoms. The van der Waals surface area contributed by atoms with Crippen LogP contribution in [-0.4, -0.2) is 18.2 Å². The summed E-state index contributed by atoms with van der Waals surface area (Å²) in [6.45, 7) is 1.86. The van der Waals surface area contributed by atoms with E-state index in [0.717, 1.165) is 12.1 Å². The summed E-state index contributed by atoms with van der Waals surface area (Å²) in [6.07, 6.45) is -4.92. The summed E-state index contributed by atoms with van der Waals surface area (Å²) in [5.74, 6) is 0. The van der Waals surface area contributed by atoms with E-state index in [1.54, 1.807) is 7.05 Å². The number of anilines is 1. The first-order valence-corrected chi connectivity index (χ1v) is 5.57. The summed E-state index contributed by atoms with van der Waals surface area (Å²) in [7, 11) is 1.74. The molecular formula is C12H17F3N2O. The first-order valence-electron chi connectivity index (χ1n) is 5.57. The molecule has 1 rings (SSSR count). The van der Waals surface area contributed by atoms with Gasteiger partial charge in [-0.15, -0.1) is 0 Å². The first-order chi connectivity index (χ1) is 8.25. The van der Waals surface area contributed by atoms with Crippen molar-refractivity contribution in [2.45, 2.75) is 31.7 Å². The van der Waals surface area contributed by atoms with Gasteiger partial charge in [0.1, 0.15) is 0 Å². The van der Waals surface area contributed by atoms with E-state index in [1.807, 2.05) is 6.92 Å². The predicted octanol–water partition coefficient (Wildman–Crippen LogP) is 2.32. The molecule has 0 radical (unpaired) electrons. The van der Waals surface area contributed by atoms with Gasteiger partial charge in [0, 0.05) is 17.3 Å². The van der Waals surface area contributed by atoms with Crippen LogP contribution in [0.15, 0.2) is 18.2 Å². The molecule has 4 N–H and O–H groups in total. The van der Waals surface area contributed by atoms with Crippen molar-refractivity contribution in [2.75, 3.05) is 12.8 Å². The monoisotopic (exact) mass is 262 g/mol. The number of nitrogens with one attached hydrogen (secondary N) is 1. The maximum absolute atomic E-state index is 12.4. The first kappa shape index (κ1) is 14.8. The van der Waals surface area contributed by atoms with Gasteiger partial charge in [-0.3, -0.25) is 0 Å². The molecule has 1 aromatic rings. The van der Waals surface area contributed by atoms with Crippen LogP contribution in [0.4, 0.5) is 18.9 Å². The van der Waals surface area contributed by atoms with E-state index < -0.39 is 17.8 Å². The minimum Gasteiger partial charge on any atom is -0.398 e. The predicted molar refractivity (Wildman–Crippen MR) is 64.0 cm³/mol. The van der Waals surface area contributed by atoms with E-state index in [2.05, 4.69) is 5.32 Å². The SMILES string of the molecule is CNC(C)CC(O)c1ccc(C(F)(F)F)cc1N. The molecule has 0 saturated carbocycles. The van der Waals surface area contributed by atoms with Crippen LogP contribution in [-0.2, 0) is 6.18 Å². The Bertz CT molecular complexity index is 407. The van der Waals surface area contributed by atoms with Gasteiger partial charge in [0.2, 0.25) is 0 Å². The van der Waals surface area contributed by atoms with Gasteiger partial charge in [0.05, 0.1) is 11.7 Å². The molecule has 0 fully saturated rings. The highest BCUT2D eigenvalue weighted by molar-refractivity contribution is 5.51. The van der Waals surface area contributed by atoms with Crippen molar-refractivity contribution >= 4 is 5.69 Å². The van der Waals surface area contributed by atoms with E-state index in [9.17, 15) is 18.3 Å². The number of alkyl halides is 3. The molecular weight excluding hydrogens is 245 g/mol. The van der Waals surface area contributed by atoms with Crippen molar-refractivity contribution in [1.29, 1.82) is 0 Å². The molecule has 2 unspecified atom stereocenters. The van der Waals surface area contributed by atoms with Crippen LogP contribution in [0.25, 0.3) is 0 Å². The lowest BCUT2D eigenvalue weighted by Gasteiger charge is -2.18. The second-order valence-corrected chi connectivity index (χ2v) is 4.28. The molecule has 0 aliphatic carbocycles. The quantitative estimate of drug-likeness (QED) is 0.730. The van der Waals surface area contributed by atoms with Crippen molar-refractivity contribution in [3.8, 4) is 0 Å². The van der Waals surface area contributed by atoms with Crippen molar-refractivity contribution in [3.05, 3.63) is 29.3 Å². The van der Waals surface area contributed by atoms with Crippen LogP contribution in [0.2, 0.25) is 0 Å². The molecule has 1 aromatic carbocycles. The van der Waals surface area contributed by atoms with Gasteiger partial charge < -0.3 is 16.2 Å². The smallest absolute Gasteiger partial charge is 0.398 e.